The van der Waals surface area contributed by atoms with Crippen LogP contribution in [0.4, 0.5) is 0 Å². The van der Waals surface area contributed by atoms with Gasteiger partial charge in [0.05, 0.1) is 0 Å². The smallest absolute Gasteiger partial charge is 0.146 e. The molecule has 1 fully saturated rings. The molecular weight excluding hydrogens is 212 g/mol. The molecule has 1 unspecified atom stereocenters. The van der Waals surface area contributed by atoms with Crippen molar-refractivity contribution in [1.29, 1.82) is 0 Å². The van der Waals surface area contributed by atoms with E-state index < -0.39 is 0 Å². The number of carbonyl (C=O) groups excluding carboxylic acids is 2. The molecule has 0 spiro atoms. The largest absolute Gasteiger partial charge is 0.303 e. The first-order chi connectivity index (χ1) is 8.04. The van der Waals surface area contributed by atoms with Crippen LogP contribution in [0, 0.1) is 23.2 Å². The highest BCUT2D eigenvalue weighted by Crippen LogP contribution is 2.55. The van der Waals surface area contributed by atoms with Crippen molar-refractivity contribution in [3.8, 4) is 0 Å². The average Bonchev–Trinajstić information content (AvgIpc) is 2.33. The zero-order chi connectivity index (χ0) is 12.6. The molecule has 2 aliphatic carbocycles. The van der Waals surface area contributed by atoms with Gasteiger partial charge in [-0.25, -0.2) is 0 Å². The molecule has 1 saturated carbocycles. The third kappa shape index (κ3) is 1.70. The van der Waals surface area contributed by atoms with E-state index in [1.165, 1.54) is 5.57 Å². The number of hydrogen-bond acceptors (Lipinski definition) is 2. The minimum atomic E-state index is -0.247. The van der Waals surface area contributed by atoms with Crippen molar-refractivity contribution >= 4 is 12.6 Å². The van der Waals surface area contributed by atoms with Crippen LogP contribution in [0.25, 0.3) is 0 Å². The molecule has 0 N–H and O–H groups in total. The van der Waals surface area contributed by atoms with E-state index >= 15 is 0 Å². The predicted octanol–water partition coefficient (Wildman–Crippen LogP) is 2.94. The Balaban J connectivity index is 2.43. The Morgan fingerprint density at radius 3 is 2.76 bits per heavy atom. The van der Waals surface area contributed by atoms with Gasteiger partial charge in [-0.3, -0.25) is 4.79 Å². The summed E-state index contributed by atoms with van der Waals surface area (Å²) in [6.45, 7) is 8.56. The Morgan fingerprint density at radius 1 is 1.47 bits per heavy atom. The van der Waals surface area contributed by atoms with Crippen molar-refractivity contribution in [3.63, 3.8) is 0 Å². The molecule has 0 bridgehead atoms. The van der Waals surface area contributed by atoms with E-state index in [9.17, 15) is 9.59 Å². The fraction of sp³-hybridized carbons (Fsp3) is 0.600. The van der Waals surface area contributed by atoms with Gasteiger partial charge in [0.15, 0.2) is 0 Å². The van der Waals surface area contributed by atoms with Crippen LogP contribution in [0.15, 0.2) is 23.8 Å². The Labute approximate surface area is 103 Å². The lowest BCUT2D eigenvalue weighted by Crippen LogP contribution is -2.44. The first kappa shape index (κ1) is 12.3. The summed E-state index contributed by atoms with van der Waals surface area (Å²) in [5, 5.41) is 0. The van der Waals surface area contributed by atoms with Crippen LogP contribution in [-0.2, 0) is 9.59 Å². The first-order valence-electron chi connectivity index (χ1n) is 6.33. The molecule has 17 heavy (non-hydrogen) atoms. The standard InChI is InChI=1S/C15H20O2/c1-10-6-7-15(3)13(11(10)2)5-4-12(8-16)14(15)9-17/h4,8-10,13-14H,2,5-7H2,1,3H3/t10-,13?,14+,15-/m0/s1. The van der Waals surface area contributed by atoms with Gasteiger partial charge in [0.1, 0.15) is 12.6 Å². The molecule has 0 amide bonds. The summed E-state index contributed by atoms with van der Waals surface area (Å²) in [5.41, 5.74) is 1.82. The topological polar surface area (TPSA) is 34.1 Å². The van der Waals surface area contributed by atoms with Crippen LogP contribution in [0.5, 0.6) is 0 Å². The summed E-state index contributed by atoms with van der Waals surface area (Å²) in [7, 11) is 0. The second-order valence-electron chi connectivity index (χ2n) is 5.74. The van der Waals surface area contributed by atoms with Gasteiger partial charge in [-0.15, -0.1) is 0 Å². The quantitative estimate of drug-likeness (QED) is 0.542. The Bertz CT molecular complexity index is 394. The molecule has 0 aromatic rings. The van der Waals surface area contributed by atoms with Gasteiger partial charge in [-0.2, -0.15) is 0 Å². The van der Waals surface area contributed by atoms with E-state index in [2.05, 4.69) is 20.4 Å². The van der Waals surface area contributed by atoms with Gasteiger partial charge >= 0.3 is 0 Å². The SMILES string of the molecule is C=C1C2CC=C(C=O)[C@@H](C=O)[C@@]2(C)CC[C@@H]1C. The van der Waals surface area contributed by atoms with Crippen molar-refractivity contribution in [3.05, 3.63) is 23.8 Å². The zero-order valence-electron chi connectivity index (χ0n) is 10.6. The van der Waals surface area contributed by atoms with E-state index in [1.807, 2.05) is 6.08 Å². The number of aldehydes is 2. The number of carbonyl (C=O) groups is 2. The fourth-order valence-electron chi connectivity index (χ4n) is 3.56. The van der Waals surface area contributed by atoms with Crippen LogP contribution in [0.3, 0.4) is 0 Å². The Hall–Kier alpha value is -1.18. The Kier molecular flexibility index (Phi) is 3.07. The van der Waals surface area contributed by atoms with Gasteiger partial charge in [0.25, 0.3) is 0 Å². The highest BCUT2D eigenvalue weighted by Gasteiger charge is 2.48. The number of rotatable bonds is 2. The third-order valence-corrected chi connectivity index (χ3v) is 4.92. The predicted molar refractivity (Wildman–Crippen MR) is 67.5 cm³/mol. The van der Waals surface area contributed by atoms with E-state index in [1.54, 1.807) is 0 Å². The van der Waals surface area contributed by atoms with Gasteiger partial charge in [-0.05, 0) is 42.1 Å². The molecule has 4 atom stereocenters. The van der Waals surface area contributed by atoms with E-state index in [-0.39, 0.29) is 11.3 Å². The maximum absolute atomic E-state index is 11.3. The molecule has 0 saturated heterocycles. The molecule has 2 rings (SSSR count). The number of allylic oxidation sites excluding steroid dienone is 3. The van der Waals surface area contributed by atoms with Crippen molar-refractivity contribution in [1.82, 2.24) is 0 Å². The zero-order valence-corrected chi connectivity index (χ0v) is 10.6. The molecule has 2 heteroatoms. The maximum atomic E-state index is 11.3. The molecule has 2 nitrogen and oxygen atoms in total. The van der Waals surface area contributed by atoms with Crippen LogP contribution in [-0.4, -0.2) is 12.6 Å². The van der Waals surface area contributed by atoms with E-state index in [0.29, 0.717) is 17.4 Å². The van der Waals surface area contributed by atoms with Crippen molar-refractivity contribution in [2.75, 3.05) is 0 Å². The lowest BCUT2D eigenvalue weighted by Gasteiger charge is -2.50. The van der Waals surface area contributed by atoms with Crippen molar-refractivity contribution in [2.24, 2.45) is 23.2 Å². The fourth-order valence-corrected chi connectivity index (χ4v) is 3.56. The average molecular weight is 232 g/mol. The van der Waals surface area contributed by atoms with Gasteiger partial charge < -0.3 is 4.79 Å². The van der Waals surface area contributed by atoms with Crippen molar-refractivity contribution < 1.29 is 9.59 Å². The minimum Gasteiger partial charge on any atom is -0.303 e. The minimum absolute atomic E-state index is 0.101. The summed E-state index contributed by atoms with van der Waals surface area (Å²) in [6.07, 6.45) is 6.67. The second kappa shape index (κ2) is 4.25. The molecule has 0 heterocycles. The summed E-state index contributed by atoms with van der Waals surface area (Å²) < 4.78 is 0. The lowest BCUT2D eigenvalue weighted by atomic mass is 9.53. The number of fused-ring (bicyclic) bond motifs is 1. The summed E-state index contributed by atoms with van der Waals surface area (Å²) in [5.74, 6) is 0.639. The summed E-state index contributed by atoms with van der Waals surface area (Å²) >= 11 is 0. The van der Waals surface area contributed by atoms with Crippen LogP contribution in [0.2, 0.25) is 0 Å². The van der Waals surface area contributed by atoms with E-state index in [4.69, 9.17) is 0 Å². The van der Waals surface area contributed by atoms with Gasteiger partial charge in [-0.1, -0.05) is 32.1 Å². The maximum Gasteiger partial charge on any atom is 0.146 e. The van der Waals surface area contributed by atoms with Crippen LogP contribution in [0.1, 0.15) is 33.1 Å². The Morgan fingerprint density at radius 2 is 2.18 bits per heavy atom. The molecule has 92 valence electrons. The highest BCUT2D eigenvalue weighted by atomic mass is 16.1. The van der Waals surface area contributed by atoms with Crippen molar-refractivity contribution in [2.45, 2.75) is 33.1 Å². The molecule has 0 radical (unpaired) electrons. The molecule has 0 aliphatic heterocycles. The summed E-state index contributed by atoms with van der Waals surface area (Å²) in [4.78, 5) is 22.4. The summed E-state index contributed by atoms with van der Waals surface area (Å²) in [6, 6.07) is 0. The molecule has 0 aromatic carbocycles. The van der Waals surface area contributed by atoms with E-state index in [0.717, 1.165) is 31.8 Å². The lowest BCUT2D eigenvalue weighted by molar-refractivity contribution is -0.117. The first-order valence-corrected chi connectivity index (χ1v) is 6.33. The molecule has 0 aromatic heterocycles. The second-order valence-corrected chi connectivity index (χ2v) is 5.74. The number of hydrogen-bond donors (Lipinski definition) is 0. The van der Waals surface area contributed by atoms with Crippen LogP contribution < -0.4 is 0 Å². The van der Waals surface area contributed by atoms with Gasteiger partial charge in [0, 0.05) is 5.92 Å². The molecular formula is C15H20O2. The highest BCUT2D eigenvalue weighted by molar-refractivity contribution is 5.82. The monoisotopic (exact) mass is 232 g/mol. The van der Waals surface area contributed by atoms with Crippen LogP contribution >= 0.6 is 0 Å². The third-order valence-electron chi connectivity index (χ3n) is 4.92. The van der Waals surface area contributed by atoms with Gasteiger partial charge in [0.2, 0.25) is 0 Å². The molecule has 2 aliphatic rings. The normalized spacial score (nSPS) is 41.4.